The summed E-state index contributed by atoms with van der Waals surface area (Å²) < 4.78 is 0. The number of hydrogen-bond acceptors (Lipinski definition) is 3. The molecule has 0 heterocycles. The monoisotopic (exact) mass is 292 g/mol. The second-order valence-electron chi connectivity index (χ2n) is 5.40. The van der Waals surface area contributed by atoms with Crippen molar-refractivity contribution in [1.82, 2.24) is 5.32 Å². The number of anilines is 1. The molecule has 0 bridgehead atoms. The van der Waals surface area contributed by atoms with Crippen molar-refractivity contribution in [2.45, 2.75) is 19.3 Å². The predicted molar refractivity (Wildman–Crippen MR) is 78.4 cm³/mol. The molecule has 0 aromatic heterocycles. The molecule has 1 fully saturated rings. The highest BCUT2D eigenvalue weighted by molar-refractivity contribution is 5.91. The zero-order chi connectivity index (χ0) is 15.4. The minimum Gasteiger partial charge on any atom is -0.508 e. The fraction of sp³-hybridized carbons (Fsp3) is 0.467. The molecule has 2 rings (SSSR count). The van der Waals surface area contributed by atoms with Gasteiger partial charge in [-0.25, -0.2) is 4.79 Å². The van der Waals surface area contributed by atoms with Crippen LogP contribution in [-0.4, -0.2) is 35.8 Å². The topological polar surface area (TPSA) is 89.9 Å². The van der Waals surface area contributed by atoms with Crippen molar-refractivity contribution in [2.75, 3.05) is 18.5 Å². The summed E-state index contributed by atoms with van der Waals surface area (Å²) in [6.07, 6.45) is 2.41. The van der Waals surface area contributed by atoms with E-state index in [1.807, 2.05) is 0 Å². The fourth-order valence-corrected chi connectivity index (χ4v) is 2.74. The van der Waals surface area contributed by atoms with E-state index in [0.29, 0.717) is 18.7 Å². The normalized spacial score (nSPS) is 21.0. The summed E-state index contributed by atoms with van der Waals surface area (Å²) in [5.74, 6) is -0.995. The summed E-state index contributed by atoms with van der Waals surface area (Å²) in [6, 6.07) is 6.03. The van der Waals surface area contributed by atoms with Crippen LogP contribution in [0, 0.1) is 11.8 Å². The number of aliphatic carboxylic acids is 1. The Morgan fingerprint density at radius 3 is 2.57 bits per heavy atom. The first-order chi connectivity index (χ1) is 9.99. The zero-order valence-electron chi connectivity index (χ0n) is 12.0. The molecular formula is C15H20N2O4. The maximum atomic E-state index is 12.1. The zero-order valence-corrected chi connectivity index (χ0v) is 12.0. The Balaban J connectivity index is 1.89. The van der Waals surface area contributed by atoms with E-state index in [1.54, 1.807) is 19.2 Å². The van der Waals surface area contributed by atoms with E-state index in [9.17, 15) is 14.7 Å². The Bertz CT molecular complexity index is 515. The molecule has 1 aliphatic carbocycles. The van der Waals surface area contributed by atoms with Gasteiger partial charge in [0.05, 0.1) is 5.92 Å². The third-order valence-electron chi connectivity index (χ3n) is 4.03. The molecule has 1 saturated carbocycles. The van der Waals surface area contributed by atoms with Gasteiger partial charge in [0.2, 0.25) is 0 Å². The van der Waals surface area contributed by atoms with Crippen LogP contribution in [0.15, 0.2) is 24.3 Å². The lowest BCUT2D eigenvalue weighted by atomic mass is 9.96. The van der Waals surface area contributed by atoms with Gasteiger partial charge in [-0.1, -0.05) is 6.42 Å². The maximum absolute atomic E-state index is 12.1. The Morgan fingerprint density at radius 2 is 1.95 bits per heavy atom. The number of carboxylic acids is 1. The van der Waals surface area contributed by atoms with Crippen molar-refractivity contribution in [3.8, 4) is 5.75 Å². The first-order valence-electron chi connectivity index (χ1n) is 7.02. The van der Waals surface area contributed by atoms with Crippen molar-refractivity contribution in [3.05, 3.63) is 24.3 Å². The van der Waals surface area contributed by atoms with Crippen LogP contribution in [0.4, 0.5) is 10.5 Å². The van der Waals surface area contributed by atoms with Crippen LogP contribution in [0.5, 0.6) is 5.75 Å². The number of phenolic OH excluding ortho intramolecular Hbond substituents is 1. The molecule has 1 aliphatic rings. The highest BCUT2D eigenvalue weighted by Gasteiger charge is 2.33. The molecule has 114 valence electrons. The number of carboxylic acid groups (broad SMARTS) is 1. The Labute approximate surface area is 123 Å². The van der Waals surface area contributed by atoms with Gasteiger partial charge in [0, 0.05) is 19.3 Å². The minimum atomic E-state index is -0.779. The molecule has 2 amide bonds. The van der Waals surface area contributed by atoms with E-state index >= 15 is 0 Å². The van der Waals surface area contributed by atoms with Gasteiger partial charge < -0.3 is 15.5 Å². The van der Waals surface area contributed by atoms with Crippen molar-refractivity contribution >= 4 is 17.7 Å². The number of amides is 2. The van der Waals surface area contributed by atoms with Crippen LogP contribution < -0.4 is 10.2 Å². The molecule has 1 aromatic rings. The fourth-order valence-electron chi connectivity index (χ4n) is 2.74. The third kappa shape index (κ3) is 3.65. The first-order valence-corrected chi connectivity index (χ1v) is 7.02. The molecule has 6 heteroatoms. The molecule has 2 atom stereocenters. The molecule has 2 unspecified atom stereocenters. The Hall–Kier alpha value is -2.24. The van der Waals surface area contributed by atoms with E-state index in [2.05, 4.69) is 5.32 Å². The van der Waals surface area contributed by atoms with Crippen LogP contribution >= 0.6 is 0 Å². The second-order valence-corrected chi connectivity index (χ2v) is 5.40. The average molecular weight is 292 g/mol. The molecule has 6 nitrogen and oxygen atoms in total. The van der Waals surface area contributed by atoms with Crippen LogP contribution in [0.25, 0.3) is 0 Å². The van der Waals surface area contributed by atoms with Crippen LogP contribution in [-0.2, 0) is 4.79 Å². The van der Waals surface area contributed by atoms with Crippen molar-refractivity contribution < 1.29 is 19.8 Å². The smallest absolute Gasteiger partial charge is 0.321 e. The predicted octanol–water partition coefficient (Wildman–Crippen LogP) is 2.04. The molecule has 0 radical (unpaired) electrons. The highest BCUT2D eigenvalue weighted by atomic mass is 16.4. The number of benzene rings is 1. The van der Waals surface area contributed by atoms with Crippen LogP contribution in [0.3, 0.4) is 0 Å². The third-order valence-corrected chi connectivity index (χ3v) is 4.03. The van der Waals surface area contributed by atoms with Gasteiger partial charge >= 0.3 is 12.0 Å². The lowest BCUT2D eigenvalue weighted by Gasteiger charge is -2.21. The number of carbonyl (C=O) groups is 2. The van der Waals surface area contributed by atoms with Crippen molar-refractivity contribution in [1.29, 1.82) is 0 Å². The van der Waals surface area contributed by atoms with Crippen LogP contribution in [0.1, 0.15) is 19.3 Å². The Kier molecular flexibility index (Phi) is 4.67. The lowest BCUT2D eigenvalue weighted by Crippen LogP contribution is -2.41. The van der Waals surface area contributed by atoms with E-state index in [4.69, 9.17) is 5.11 Å². The quantitative estimate of drug-likeness (QED) is 0.792. The maximum Gasteiger partial charge on any atom is 0.321 e. The average Bonchev–Trinajstić information content (AvgIpc) is 2.93. The molecule has 1 aromatic carbocycles. The SMILES string of the molecule is CN(C(=O)NCC1CCCC1C(=O)O)c1ccc(O)cc1. The number of hydrogen-bond donors (Lipinski definition) is 3. The van der Waals surface area contributed by atoms with E-state index in [0.717, 1.165) is 12.8 Å². The summed E-state index contributed by atoms with van der Waals surface area (Å²) >= 11 is 0. The number of urea groups is 1. The molecule has 0 spiro atoms. The van der Waals surface area contributed by atoms with Gasteiger partial charge in [0.15, 0.2) is 0 Å². The number of phenols is 1. The standard InChI is InChI=1S/C15H20N2O4/c1-17(11-5-7-12(18)8-6-11)15(21)16-9-10-3-2-4-13(10)14(19)20/h5-8,10,13,18H,2-4,9H2,1H3,(H,16,21)(H,19,20). The summed E-state index contributed by atoms with van der Waals surface area (Å²) in [4.78, 5) is 24.6. The summed E-state index contributed by atoms with van der Waals surface area (Å²) in [7, 11) is 1.63. The van der Waals surface area contributed by atoms with Crippen LogP contribution in [0.2, 0.25) is 0 Å². The summed E-state index contributed by atoms with van der Waals surface area (Å²) in [6.45, 7) is 0.373. The molecule has 21 heavy (non-hydrogen) atoms. The Morgan fingerprint density at radius 1 is 1.29 bits per heavy atom. The van der Waals surface area contributed by atoms with Gasteiger partial charge in [-0.2, -0.15) is 0 Å². The van der Waals surface area contributed by atoms with Gasteiger partial charge in [-0.05, 0) is 43.0 Å². The molecule has 3 N–H and O–H groups in total. The number of rotatable bonds is 4. The minimum absolute atomic E-state index is 0.000308. The molecule has 0 saturated heterocycles. The number of carbonyl (C=O) groups excluding carboxylic acids is 1. The van der Waals surface area contributed by atoms with Gasteiger partial charge in [-0.15, -0.1) is 0 Å². The summed E-state index contributed by atoms with van der Waals surface area (Å²) in [5, 5.41) is 21.1. The van der Waals surface area contributed by atoms with Gasteiger partial charge in [0.25, 0.3) is 0 Å². The second kappa shape index (κ2) is 6.47. The van der Waals surface area contributed by atoms with Gasteiger partial charge in [0.1, 0.15) is 5.75 Å². The summed E-state index contributed by atoms with van der Waals surface area (Å²) in [5.41, 5.74) is 0.659. The molecule has 0 aliphatic heterocycles. The van der Waals surface area contributed by atoms with E-state index in [1.165, 1.54) is 17.0 Å². The van der Waals surface area contributed by atoms with Crippen molar-refractivity contribution in [3.63, 3.8) is 0 Å². The lowest BCUT2D eigenvalue weighted by molar-refractivity contribution is -0.142. The van der Waals surface area contributed by atoms with Crippen molar-refractivity contribution in [2.24, 2.45) is 11.8 Å². The van der Waals surface area contributed by atoms with Gasteiger partial charge in [-0.3, -0.25) is 9.69 Å². The number of nitrogens with zero attached hydrogens (tertiary/aromatic N) is 1. The number of aromatic hydroxyl groups is 1. The van der Waals surface area contributed by atoms with E-state index < -0.39 is 5.97 Å². The highest BCUT2D eigenvalue weighted by Crippen LogP contribution is 2.31. The number of nitrogens with one attached hydrogen (secondary N) is 1. The first kappa shape index (κ1) is 15.2. The van der Waals surface area contributed by atoms with E-state index in [-0.39, 0.29) is 23.6 Å². The largest absolute Gasteiger partial charge is 0.508 e. The molecular weight excluding hydrogens is 272 g/mol.